The topological polar surface area (TPSA) is 21.3 Å². The van der Waals surface area contributed by atoms with E-state index in [2.05, 4.69) is 216 Å². The van der Waals surface area contributed by atoms with E-state index in [1.54, 1.807) is 0 Å². The van der Waals surface area contributed by atoms with Crippen molar-refractivity contribution in [3.8, 4) is 16.8 Å². The molecule has 3 heteroatoms. The van der Waals surface area contributed by atoms with Crippen LogP contribution in [-0.4, -0.2) is 4.57 Å². The summed E-state index contributed by atoms with van der Waals surface area (Å²) in [6.45, 7) is 0. The van der Waals surface area contributed by atoms with Gasteiger partial charge in [0.05, 0.1) is 22.1 Å². The van der Waals surface area contributed by atoms with Crippen LogP contribution in [0.4, 0.5) is 17.1 Å². The third-order valence-electron chi connectivity index (χ3n) is 11.7. The lowest BCUT2D eigenvalue weighted by Crippen LogP contribution is -2.10. The molecule has 3 nitrogen and oxygen atoms in total. The van der Waals surface area contributed by atoms with E-state index < -0.39 is 0 Å². The number of fused-ring (bicyclic) bond motifs is 10. The molecule has 0 radical (unpaired) electrons. The number of hydrogen-bond acceptors (Lipinski definition) is 2. The first-order chi connectivity index (χ1) is 28.3. The van der Waals surface area contributed by atoms with Crippen molar-refractivity contribution in [3.05, 3.63) is 206 Å². The highest BCUT2D eigenvalue weighted by atomic mass is 16.3. The largest absolute Gasteiger partial charge is 0.455 e. The molecule has 0 bridgehead atoms. The highest BCUT2D eigenvalue weighted by molar-refractivity contribution is 6.19. The quantitative estimate of drug-likeness (QED) is 0.165. The number of nitrogens with zero attached hydrogens (tertiary/aromatic N) is 2. The smallest absolute Gasteiger partial charge is 0.145 e. The first kappa shape index (κ1) is 31.7. The lowest BCUT2D eigenvalue weighted by atomic mass is 9.95. The minimum atomic E-state index is 0.868. The first-order valence-electron chi connectivity index (χ1n) is 19.5. The molecule has 12 rings (SSSR count). The zero-order valence-corrected chi connectivity index (χ0v) is 30.9. The Morgan fingerprint density at radius 3 is 1.81 bits per heavy atom. The molecule has 266 valence electrons. The van der Waals surface area contributed by atoms with Crippen molar-refractivity contribution in [3.63, 3.8) is 0 Å². The molecule has 0 spiro atoms. The zero-order chi connectivity index (χ0) is 37.5. The van der Waals surface area contributed by atoms with Crippen molar-refractivity contribution < 1.29 is 4.42 Å². The molecule has 2 aromatic heterocycles. The number of rotatable bonds is 5. The molecule has 0 unspecified atom stereocenters. The third-order valence-corrected chi connectivity index (χ3v) is 11.7. The standard InChI is InChI=1S/C54H34N2O/c1-2-16-38(17-3-1)56-49-23-10-8-20-44(49)48-34-40(29-31-50(48)56)55(39-28-27-37-26-25-36-14-5-7-19-42(36)47(37)33-39)51-32-30-45(43-22-12-15-35-13-4-6-18-41(35)43)54-53(51)46-21-9-11-24-52(46)57-54/h1-34H. The molecule has 2 heterocycles. The summed E-state index contributed by atoms with van der Waals surface area (Å²) >= 11 is 0. The van der Waals surface area contributed by atoms with Gasteiger partial charge in [-0.2, -0.15) is 0 Å². The molecule has 0 atom stereocenters. The normalized spacial score (nSPS) is 11.9. The minimum absolute atomic E-state index is 0.868. The van der Waals surface area contributed by atoms with Gasteiger partial charge in [-0.05, 0) is 105 Å². The number of hydrogen-bond donors (Lipinski definition) is 0. The summed E-state index contributed by atoms with van der Waals surface area (Å²) in [6, 6.07) is 74.5. The van der Waals surface area contributed by atoms with Crippen LogP contribution in [0.15, 0.2) is 211 Å². The van der Waals surface area contributed by atoms with Crippen LogP contribution in [0.2, 0.25) is 0 Å². The fourth-order valence-electron chi connectivity index (χ4n) is 9.18. The second-order valence-electron chi connectivity index (χ2n) is 14.9. The van der Waals surface area contributed by atoms with Gasteiger partial charge in [-0.1, -0.05) is 140 Å². The maximum absolute atomic E-state index is 6.93. The average Bonchev–Trinajstić information content (AvgIpc) is 3.83. The van der Waals surface area contributed by atoms with Gasteiger partial charge in [0.2, 0.25) is 0 Å². The van der Waals surface area contributed by atoms with Crippen LogP contribution in [0.3, 0.4) is 0 Å². The van der Waals surface area contributed by atoms with Gasteiger partial charge in [0.25, 0.3) is 0 Å². The predicted molar refractivity (Wildman–Crippen MR) is 241 cm³/mol. The molecular formula is C54H34N2O. The summed E-state index contributed by atoms with van der Waals surface area (Å²) in [6.07, 6.45) is 0. The fourth-order valence-corrected chi connectivity index (χ4v) is 9.18. The van der Waals surface area contributed by atoms with Crippen molar-refractivity contribution in [1.82, 2.24) is 4.57 Å². The maximum Gasteiger partial charge on any atom is 0.145 e. The third kappa shape index (κ3) is 4.86. The molecule has 57 heavy (non-hydrogen) atoms. The van der Waals surface area contributed by atoms with Gasteiger partial charge in [0, 0.05) is 38.8 Å². The number of benzene rings is 10. The van der Waals surface area contributed by atoms with Crippen molar-refractivity contribution in [2.45, 2.75) is 0 Å². The van der Waals surface area contributed by atoms with Gasteiger partial charge >= 0.3 is 0 Å². The Morgan fingerprint density at radius 1 is 0.368 bits per heavy atom. The van der Waals surface area contributed by atoms with Crippen molar-refractivity contribution in [2.75, 3.05) is 4.90 Å². The van der Waals surface area contributed by atoms with Gasteiger partial charge in [-0.3, -0.25) is 0 Å². The van der Waals surface area contributed by atoms with E-state index in [1.807, 2.05) is 0 Å². The van der Waals surface area contributed by atoms with Gasteiger partial charge in [-0.15, -0.1) is 0 Å². The van der Waals surface area contributed by atoms with Crippen LogP contribution in [-0.2, 0) is 0 Å². The van der Waals surface area contributed by atoms with Gasteiger partial charge in [-0.25, -0.2) is 0 Å². The predicted octanol–water partition coefficient (Wildman–Crippen LogP) is 15.3. The van der Waals surface area contributed by atoms with E-state index in [0.29, 0.717) is 0 Å². The van der Waals surface area contributed by atoms with Gasteiger partial charge in [0.15, 0.2) is 0 Å². The second kappa shape index (κ2) is 12.5. The van der Waals surface area contributed by atoms with Gasteiger partial charge in [0.1, 0.15) is 11.2 Å². The number of furan rings is 1. The number of para-hydroxylation sites is 3. The average molecular weight is 727 g/mol. The Kier molecular flexibility index (Phi) is 6.93. The Bertz CT molecular complexity index is 3530. The highest BCUT2D eigenvalue weighted by Crippen LogP contribution is 2.48. The molecule has 10 aromatic carbocycles. The van der Waals surface area contributed by atoms with Crippen molar-refractivity contribution in [2.24, 2.45) is 0 Å². The van der Waals surface area contributed by atoms with E-state index in [-0.39, 0.29) is 0 Å². The Morgan fingerprint density at radius 2 is 0.965 bits per heavy atom. The Labute approximate surface area is 328 Å². The monoisotopic (exact) mass is 726 g/mol. The Balaban J connectivity index is 1.18. The summed E-state index contributed by atoms with van der Waals surface area (Å²) in [5, 5.41) is 11.9. The summed E-state index contributed by atoms with van der Waals surface area (Å²) in [5.74, 6) is 0. The van der Waals surface area contributed by atoms with Crippen LogP contribution in [0.5, 0.6) is 0 Å². The molecular weight excluding hydrogens is 693 g/mol. The molecule has 0 N–H and O–H groups in total. The SMILES string of the molecule is c1ccc(-n2c3ccccc3c3cc(N(c4ccc5ccc6ccccc6c5c4)c4ccc(-c5cccc6ccccc56)c5oc6ccccc6c45)ccc32)cc1. The Hall–Kier alpha value is -7.62. The van der Waals surface area contributed by atoms with E-state index in [4.69, 9.17) is 4.42 Å². The van der Waals surface area contributed by atoms with Crippen molar-refractivity contribution >= 4 is 93.1 Å². The fraction of sp³-hybridized carbons (Fsp3) is 0. The maximum atomic E-state index is 6.93. The van der Waals surface area contributed by atoms with Crippen LogP contribution >= 0.6 is 0 Å². The summed E-state index contributed by atoms with van der Waals surface area (Å²) in [4.78, 5) is 2.44. The lowest BCUT2D eigenvalue weighted by Gasteiger charge is -2.27. The molecule has 0 aliphatic rings. The molecule has 0 saturated heterocycles. The molecule has 0 aliphatic heterocycles. The van der Waals surface area contributed by atoms with Crippen LogP contribution in [0, 0.1) is 0 Å². The van der Waals surface area contributed by atoms with Crippen molar-refractivity contribution in [1.29, 1.82) is 0 Å². The molecule has 12 aromatic rings. The van der Waals surface area contributed by atoms with Crippen LogP contribution in [0.25, 0.3) is 92.9 Å². The van der Waals surface area contributed by atoms with E-state index >= 15 is 0 Å². The lowest BCUT2D eigenvalue weighted by molar-refractivity contribution is 0.670. The summed E-state index contributed by atoms with van der Waals surface area (Å²) in [5.41, 5.74) is 10.7. The van der Waals surface area contributed by atoms with E-state index in [9.17, 15) is 0 Å². The van der Waals surface area contributed by atoms with E-state index in [1.165, 1.54) is 54.1 Å². The van der Waals surface area contributed by atoms with E-state index in [0.717, 1.165) is 55.8 Å². The second-order valence-corrected chi connectivity index (χ2v) is 14.9. The van der Waals surface area contributed by atoms with Crippen LogP contribution in [0.1, 0.15) is 0 Å². The zero-order valence-electron chi connectivity index (χ0n) is 30.9. The first-order valence-corrected chi connectivity index (χ1v) is 19.5. The summed E-state index contributed by atoms with van der Waals surface area (Å²) < 4.78 is 9.30. The van der Waals surface area contributed by atoms with Gasteiger partial charge < -0.3 is 13.9 Å². The molecule has 0 aliphatic carbocycles. The number of aromatic nitrogens is 1. The minimum Gasteiger partial charge on any atom is -0.455 e. The molecule has 0 amide bonds. The number of anilines is 3. The molecule has 0 fully saturated rings. The molecule has 0 saturated carbocycles. The highest BCUT2D eigenvalue weighted by Gasteiger charge is 2.24. The summed E-state index contributed by atoms with van der Waals surface area (Å²) in [7, 11) is 0. The van der Waals surface area contributed by atoms with Crippen LogP contribution < -0.4 is 4.90 Å².